The monoisotopic (exact) mass is 385 g/mol. The van der Waals surface area contributed by atoms with Gasteiger partial charge in [0, 0.05) is 38.2 Å². The number of rotatable bonds is 5. The van der Waals surface area contributed by atoms with Crippen LogP contribution in [0.2, 0.25) is 0 Å². The Labute approximate surface area is 147 Å². The molecule has 6 nitrogen and oxygen atoms in total. The van der Waals surface area contributed by atoms with Crippen LogP contribution in [0.15, 0.2) is 47.5 Å². The minimum absolute atomic E-state index is 0.209. The number of nitrogens with zero attached hydrogens (tertiary/aromatic N) is 3. The maximum atomic E-state index is 6.04. The van der Waals surface area contributed by atoms with Crippen molar-refractivity contribution in [3.8, 4) is 5.75 Å². The van der Waals surface area contributed by atoms with Crippen molar-refractivity contribution in [1.82, 2.24) is 20.3 Å². The zero-order chi connectivity index (χ0) is 16.4. The van der Waals surface area contributed by atoms with Crippen molar-refractivity contribution in [2.45, 2.75) is 12.6 Å². The van der Waals surface area contributed by atoms with Crippen LogP contribution in [0, 0.1) is 0 Å². The molecule has 0 amide bonds. The van der Waals surface area contributed by atoms with Crippen molar-refractivity contribution in [1.29, 1.82) is 0 Å². The van der Waals surface area contributed by atoms with Crippen LogP contribution in [0.25, 0.3) is 11.0 Å². The van der Waals surface area contributed by atoms with Gasteiger partial charge in [-0.15, -0.1) is 0 Å². The van der Waals surface area contributed by atoms with Gasteiger partial charge < -0.3 is 15.4 Å². The van der Waals surface area contributed by atoms with Crippen LogP contribution in [0.1, 0.15) is 5.56 Å². The molecule has 4 rings (SSSR count). The summed E-state index contributed by atoms with van der Waals surface area (Å²) in [7, 11) is 0. The Morgan fingerprint density at radius 3 is 2.79 bits per heavy atom. The molecule has 1 aromatic carbocycles. The SMILES string of the molecule is Brc1cncc(NCc2ccc3nccnc3c2)c1OC1CNC1. The molecule has 1 aliphatic rings. The first-order chi connectivity index (χ1) is 11.8. The average molecular weight is 386 g/mol. The highest BCUT2D eigenvalue weighted by Crippen LogP contribution is 2.33. The average Bonchev–Trinajstić information content (AvgIpc) is 2.57. The van der Waals surface area contributed by atoms with Crippen LogP contribution in [-0.2, 0) is 6.54 Å². The van der Waals surface area contributed by atoms with Crippen molar-refractivity contribution in [3.63, 3.8) is 0 Å². The second-order valence-electron chi connectivity index (χ2n) is 5.63. The van der Waals surface area contributed by atoms with E-state index in [9.17, 15) is 0 Å². The van der Waals surface area contributed by atoms with Crippen LogP contribution in [-0.4, -0.2) is 34.1 Å². The first-order valence-electron chi connectivity index (χ1n) is 7.74. The lowest BCUT2D eigenvalue weighted by Crippen LogP contribution is -2.50. The van der Waals surface area contributed by atoms with Crippen LogP contribution in [0.5, 0.6) is 5.75 Å². The molecule has 7 heteroatoms. The van der Waals surface area contributed by atoms with Gasteiger partial charge >= 0.3 is 0 Å². The van der Waals surface area contributed by atoms with E-state index in [1.165, 1.54) is 0 Å². The fraction of sp³-hybridized carbons (Fsp3) is 0.235. The number of nitrogens with one attached hydrogen (secondary N) is 2. The predicted molar refractivity (Wildman–Crippen MR) is 96.1 cm³/mol. The molecule has 1 aliphatic heterocycles. The van der Waals surface area contributed by atoms with Gasteiger partial charge in [-0.1, -0.05) is 6.07 Å². The van der Waals surface area contributed by atoms with E-state index in [-0.39, 0.29) is 6.10 Å². The lowest BCUT2D eigenvalue weighted by Gasteiger charge is -2.29. The molecule has 1 saturated heterocycles. The van der Waals surface area contributed by atoms with Gasteiger partial charge in [-0.2, -0.15) is 0 Å². The summed E-state index contributed by atoms with van der Waals surface area (Å²) in [5.74, 6) is 0.803. The largest absolute Gasteiger partial charge is 0.484 e. The third-order valence-corrected chi connectivity index (χ3v) is 4.46. The summed E-state index contributed by atoms with van der Waals surface area (Å²) >= 11 is 3.52. The molecular formula is C17H16BrN5O. The van der Waals surface area contributed by atoms with E-state index in [1.807, 2.05) is 18.2 Å². The fourth-order valence-corrected chi connectivity index (χ4v) is 2.92. The summed E-state index contributed by atoms with van der Waals surface area (Å²) in [4.78, 5) is 12.9. The normalized spacial score (nSPS) is 14.4. The first-order valence-corrected chi connectivity index (χ1v) is 8.53. The van der Waals surface area contributed by atoms with Gasteiger partial charge in [-0.3, -0.25) is 15.0 Å². The first kappa shape index (κ1) is 15.3. The summed E-state index contributed by atoms with van der Waals surface area (Å²) in [6.07, 6.45) is 7.15. The lowest BCUT2D eigenvalue weighted by atomic mass is 10.2. The van der Waals surface area contributed by atoms with Gasteiger partial charge in [-0.25, -0.2) is 0 Å². The maximum Gasteiger partial charge on any atom is 0.160 e. The Morgan fingerprint density at radius 2 is 2.00 bits per heavy atom. The van der Waals surface area contributed by atoms with E-state index in [1.54, 1.807) is 24.8 Å². The zero-order valence-electron chi connectivity index (χ0n) is 12.9. The van der Waals surface area contributed by atoms with E-state index < -0.39 is 0 Å². The van der Waals surface area contributed by atoms with E-state index in [0.29, 0.717) is 6.54 Å². The predicted octanol–water partition coefficient (Wildman–Crippen LogP) is 2.75. The number of pyridine rings is 1. The summed E-state index contributed by atoms with van der Waals surface area (Å²) in [5.41, 5.74) is 3.78. The van der Waals surface area contributed by atoms with Crippen LogP contribution in [0.3, 0.4) is 0 Å². The molecule has 3 heterocycles. The number of aromatic nitrogens is 3. The number of hydrogen-bond acceptors (Lipinski definition) is 6. The Balaban J connectivity index is 1.52. The Hall–Kier alpha value is -2.25. The van der Waals surface area contributed by atoms with Gasteiger partial charge in [0.05, 0.1) is 27.4 Å². The molecule has 2 aromatic heterocycles. The quantitative estimate of drug-likeness (QED) is 0.703. The van der Waals surface area contributed by atoms with Crippen LogP contribution in [0.4, 0.5) is 5.69 Å². The third kappa shape index (κ3) is 3.18. The van der Waals surface area contributed by atoms with Crippen molar-refractivity contribution in [2.75, 3.05) is 18.4 Å². The highest BCUT2D eigenvalue weighted by atomic mass is 79.9. The summed E-state index contributed by atoms with van der Waals surface area (Å²) < 4.78 is 6.89. The Bertz CT molecular complexity index is 868. The standard InChI is InChI=1S/C17H16BrN5O/c18-13-9-20-10-16(17(13)24-12-7-19-8-12)23-6-11-1-2-14-15(5-11)22-4-3-21-14/h1-5,9-10,12,19,23H,6-8H2. The van der Waals surface area contributed by atoms with Gasteiger partial charge in [-0.05, 0) is 33.6 Å². The number of benzene rings is 1. The molecule has 2 N–H and O–H groups in total. The van der Waals surface area contributed by atoms with Crippen LogP contribution >= 0.6 is 15.9 Å². The lowest BCUT2D eigenvalue weighted by molar-refractivity contribution is 0.142. The van der Waals surface area contributed by atoms with E-state index in [4.69, 9.17) is 4.74 Å². The molecule has 3 aromatic rings. The topological polar surface area (TPSA) is 72.0 Å². The summed E-state index contributed by atoms with van der Waals surface area (Å²) in [5, 5.41) is 6.61. The number of anilines is 1. The van der Waals surface area contributed by atoms with Crippen molar-refractivity contribution in [3.05, 3.63) is 53.0 Å². The second kappa shape index (κ2) is 6.70. The Kier molecular flexibility index (Phi) is 4.27. The molecule has 1 fully saturated rings. The molecule has 0 radical (unpaired) electrons. The van der Waals surface area contributed by atoms with Crippen molar-refractivity contribution >= 4 is 32.7 Å². The van der Waals surface area contributed by atoms with Crippen molar-refractivity contribution < 1.29 is 4.74 Å². The molecule has 0 aliphatic carbocycles. The van der Waals surface area contributed by atoms with Gasteiger partial charge in [0.25, 0.3) is 0 Å². The maximum absolute atomic E-state index is 6.04. The molecule has 0 spiro atoms. The molecule has 0 bridgehead atoms. The number of ether oxygens (including phenoxy) is 1. The van der Waals surface area contributed by atoms with E-state index in [0.717, 1.165) is 45.6 Å². The molecule has 0 saturated carbocycles. The number of hydrogen-bond donors (Lipinski definition) is 2. The molecule has 24 heavy (non-hydrogen) atoms. The van der Waals surface area contributed by atoms with Crippen LogP contribution < -0.4 is 15.4 Å². The fourth-order valence-electron chi connectivity index (χ4n) is 2.50. The van der Waals surface area contributed by atoms with Crippen molar-refractivity contribution in [2.24, 2.45) is 0 Å². The summed E-state index contributed by atoms with van der Waals surface area (Å²) in [6.45, 7) is 2.40. The highest BCUT2D eigenvalue weighted by molar-refractivity contribution is 9.10. The third-order valence-electron chi connectivity index (χ3n) is 3.90. The van der Waals surface area contributed by atoms with E-state index >= 15 is 0 Å². The molecule has 0 atom stereocenters. The number of fused-ring (bicyclic) bond motifs is 1. The summed E-state index contributed by atoms with van der Waals surface area (Å²) in [6, 6.07) is 6.07. The van der Waals surface area contributed by atoms with Gasteiger partial charge in [0.1, 0.15) is 6.10 Å². The molecule has 122 valence electrons. The smallest absolute Gasteiger partial charge is 0.160 e. The second-order valence-corrected chi connectivity index (χ2v) is 6.48. The zero-order valence-corrected chi connectivity index (χ0v) is 14.5. The van der Waals surface area contributed by atoms with Gasteiger partial charge in [0.2, 0.25) is 0 Å². The van der Waals surface area contributed by atoms with E-state index in [2.05, 4.69) is 41.5 Å². The highest BCUT2D eigenvalue weighted by Gasteiger charge is 2.21. The Morgan fingerprint density at radius 1 is 1.17 bits per heavy atom. The minimum Gasteiger partial charge on any atom is -0.484 e. The molecule has 0 unspecified atom stereocenters. The van der Waals surface area contributed by atoms with Gasteiger partial charge in [0.15, 0.2) is 5.75 Å². The molecular weight excluding hydrogens is 370 g/mol. The minimum atomic E-state index is 0.209. The number of halogens is 1.